The average Bonchev–Trinajstić information content (AvgIpc) is 2.46. The molecule has 1 aromatic rings. The highest BCUT2D eigenvalue weighted by atomic mass is 16.1. The molecule has 0 heterocycles. The van der Waals surface area contributed by atoms with E-state index in [1.807, 2.05) is 25.1 Å². The van der Waals surface area contributed by atoms with E-state index in [0.717, 1.165) is 36.3 Å². The van der Waals surface area contributed by atoms with Crippen molar-refractivity contribution in [3.8, 4) is 0 Å². The van der Waals surface area contributed by atoms with Crippen molar-refractivity contribution in [3.05, 3.63) is 29.3 Å². The Morgan fingerprint density at radius 3 is 2.43 bits per heavy atom. The normalized spacial score (nSPS) is 10.4. The van der Waals surface area contributed by atoms with Crippen LogP contribution in [0.5, 0.6) is 0 Å². The van der Waals surface area contributed by atoms with Crippen molar-refractivity contribution in [3.63, 3.8) is 0 Å². The van der Waals surface area contributed by atoms with Crippen LogP contribution < -0.4 is 10.6 Å². The maximum atomic E-state index is 12.1. The first-order valence-electron chi connectivity index (χ1n) is 8.31. The maximum absolute atomic E-state index is 12.1. The maximum Gasteiger partial charge on any atom is 0.251 e. The number of carbonyl (C=O) groups is 1. The SMILES string of the molecule is CCCCCCCCNC(=O)c1ccc(NCC)cc1C. The Labute approximate surface area is 129 Å². The Morgan fingerprint density at radius 2 is 1.76 bits per heavy atom. The lowest BCUT2D eigenvalue weighted by Crippen LogP contribution is -2.25. The van der Waals surface area contributed by atoms with Gasteiger partial charge in [0.25, 0.3) is 5.91 Å². The number of hydrogen-bond acceptors (Lipinski definition) is 2. The Morgan fingerprint density at radius 1 is 1.05 bits per heavy atom. The zero-order valence-corrected chi connectivity index (χ0v) is 13.8. The molecule has 1 amide bonds. The van der Waals surface area contributed by atoms with E-state index in [2.05, 4.69) is 24.5 Å². The topological polar surface area (TPSA) is 41.1 Å². The summed E-state index contributed by atoms with van der Waals surface area (Å²) in [5, 5.41) is 6.28. The highest BCUT2D eigenvalue weighted by Gasteiger charge is 2.08. The van der Waals surface area contributed by atoms with Crippen LogP contribution in [0.25, 0.3) is 0 Å². The highest BCUT2D eigenvalue weighted by molar-refractivity contribution is 5.96. The van der Waals surface area contributed by atoms with Crippen LogP contribution in [-0.2, 0) is 0 Å². The quantitative estimate of drug-likeness (QED) is 0.622. The lowest BCUT2D eigenvalue weighted by molar-refractivity contribution is 0.0952. The summed E-state index contributed by atoms with van der Waals surface area (Å²) >= 11 is 0. The number of hydrogen-bond donors (Lipinski definition) is 2. The molecule has 1 rings (SSSR count). The van der Waals surface area contributed by atoms with Gasteiger partial charge in [-0.2, -0.15) is 0 Å². The van der Waals surface area contributed by atoms with E-state index >= 15 is 0 Å². The van der Waals surface area contributed by atoms with Crippen LogP contribution in [0, 0.1) is 6.92 Å². The third-order valence-electron chi connectivity index (χ3n) is 3.67. The van der Waals surface area contributed by atoms with Gasteiger partial charge >= 0.3 is 0 Å². The Balaban J connectivity index is 2.32. The lowest BCUT2D eigenvalue weighted by Gasteiger charge is -2.10. The van der Waals surface area contributed by atoms with Crippen molar-refractivity contribution in [1.29, 1.82) is 0 Å². The number of unbranched alkanes of at least 4 members (excludes halogenated alkanes) is 5. The Hall–Kier alpha value is -1.51. The second kappa shape index (κ2) is 10.3. The summed E-state index contributed by atoms with van der Waals surface area (Å²) in [5.41, 5.74) is 2.87. The van der Waals surface area contributed by atoms with Crippen molar-refractivity contribution < 1.29 is 4.79 Å². The summed E-state index contributed by atoms with van der Waals surface area (Å²) in [6.07, 6.45) is 7.47. The molecule has 0 bridgehead atoms. The number of aryl methyl sites for hydroxylation is 1. The molecule has 2 N–H and O–H groups in total. The Kier molecular flexibility index (Phi) is 8.56. The molecule has 0 saturated heterocycles. The summed E-state index contributed by atoms with van der Waals surface area (Å²) in [7, 11) is 0. The molecule has 0 atom stereocenters. The van der Waals surface area contributed by atoms with Gasteiger partial charge in [-0.15, -0.1) is 0 Å². The zero-order chi connectivity index (χ0) is 15.5. The van der Waals surface area contributed by atoms with Crippen LogP contribution in [0.4, 0.5) is 5.69 Å². The fraction of sp³-hybridized carbons (Fsp3) is 0.611. The summed E-state index contributed by atoms with van der Waals surface area (Å²) in [5.74, 6) is 0.0455. The van der Waals surface area contributed by atoms with E-state index < -0.39 is 0 Å². The zero-order valence-electron chi connectivity index (χ0n) is 13.8. The molecule has 0 aliphatic heterocycles. The minimum atomic E-state index is 0.0455. The molecule has 0 spiro atoms. The standard InChI is InChI=1S/C18H30N2O/c1-4-6-7-8-9-10-13-20-18(21)17-12-11-16(19-5-2)14-15(17)3/h11-12,14,19H,4-10,13H2,1-3H3,(H,20,21). The van der Waals surface area contributed by atoms with Gasteiger partial charge in [0.05, 0.1) is 0 Å². The van der Waals surface area contributed by atoms with Crippen LogP contribution in [-0.4, -0.2) is 19.0 Å². The van der Waals surface area contributed by atoms with Crippen molar-refractivity contribution in [1.82, 2.24) is 5.32 Å². The van der Waals surface area contributed by atoms with Gasteiger partial charge in [-0.1, -0.05) is 39.0 Å². The molecule has 21 heavy (non-hydrogen) atoms. The van der Waals surface area contributed by atoms with E-state index in [4.69, 9.17) is 0 Å². The molecule has 0 aliphatic carbocycles. The molecule has 0 radical (unpaired) electrons. The molecule has 118 valence electrons. The number of amides is 1. The summed E-state index contributed by atoms with van der Waals surface area (Å²) in [4.78, 5) is 12.1. The monoisotopic (exact) mass is 290 g/mol. The van der Waals surface area contributed by atoms with Gasteiger partial charge < -0.3 is 10.6 Å². The number of anilines is 1. The van der Waals surface area contributed by atoms with Crippen LogP contribution in [0.2, 0.25) is 0 Å². The van der Waals surface area contributed by atoms with Gasteiger partial charge in [0.2, 0.25) is 0 Å². The Bertz CT molecular complexity index is 429. The molecule has 0 saturated carbocycles. The summed E-state index contributed by atoms with van der Waals surface area (Å²) < 4.78 is 0. The first-order valence-corrected chi connectivity index (χ1v) is 8.31. The molecule has 1 aromatic carbocycles. The van der Waals surface area contributed by atoms with Crippen molar-refractivity contribution >= 4 is 11.6 Å². The number of carbonyl (C=O) groups excluding carboxylic acids is 1. The number of nitrogens with one attached hydrogen (secondary N) is 2. The van der Waals surface area contributed by atoms with Gasteiger partial charge in [0, 0.05) is 24.3 Å². The van der Waals surface area contributed by atoms with Crippen LogP contribution in [0.1, 0.15) is 68.3 Å². The fourth-order valence-corrected chi connectivity index (χ4v) is 2.43. The molecular weight excluding hydrogens is 260 g/mol. The van der Waals surface area contributed by atoms with E-state index in [0.29, 0.717) is 0 Å². The molecule has 0 aromatic heterocycles. The van der Waals surface area contributed by atoms with Crippen LogP contribution >= 0.6 is 0 Å². The van der Waals surface area contributed by atoms with Gasteiger partial charge in [0.15, 0.2) is 0 Å². The van der Waals surface area contributed by atoms with Gasteiger partial charge in [-0.25, -0.2) is 0 Å². The first-order chi connectivity index (χ1) is 10.2. The third kappa shape index (κ3) is 6.65. The molecule has 3 heteroatoms. The van der Waals surface area contributed by atoms with Crippen LogP contribution in [0.3, 0.4) is 0 Å². The van der Waals surface area contributed by atoms with E-state index in [1.54, 1.807) is 0 Å². The molecule has 0 unspecified atom stereocenters. The van der Waals surface area contributed by atoms with E-state index in [-0.39, 0.29) is 5.91 Å². The molecule has 0 aliphatic rings. The highest BCUT2D eigenvalue weighted by Crippen LogP contribution is 2.15. The van der Waals surface area contributed by atoms with Crippen molar-refractivity contribution in [2.24, 2.45) is 0 Å². The second-order valence-corrected chi connectivity index (χ2v) is 5.58. The number of benzene rings is 1. The van der Waals surface area contributed by atoms with Crippen molar-refractivity contribution in [2.45, 2.75) is 59.3 Å². The number of rotatable bonds is 10. The molecule has 0 fully saturated rings. The molecule has 3 nitrogen and oxygen atoms in total. The van der Waals surface area contributed by atoms with Gasteiger partial charge in [-0.05, 0) is 44.0 Å². The summed E-state index contributed by atoms with van der Waals surface area (Å²) in [6, 6.07) is 5.91. The van der Waals surface area contributed by atoms with Crippen molar-refractivity contribution in [2.75, 3.05) is 18.4 Å². The average molecular weight is 290 g/mol. The van der Waals surface area contributed by atoms with Crippen LogP contribution in [0.15, 0.2) is 18.2 Å². The molecular formula is C18H30N2O. The minimum Gasteiger partial charge on any atom is -0.385 e. The second-order valence-electron chi connectivity index (χ2n) is 5.58. The van der Waals surface area contributed by atoms with Gasteiger partial charge in [-0.3, -0.25) is 4.79 Å². The minimum absolute atomic E-state index is 0.0455. The predicted octanol–water partition coefficient (Wildman–Crippen LogP) is 4.52. The smallest absolute Gasteiger partial charge is 0.251 e. The van der Waals surface area contributed by atoms with E-state index in [1.165, 1.54) is 32.1 Å². The largest absolute Gasteiger partial charge is 0.385 e. The van der Waals surface area contributed by atoms with Gasteiger partial charge in [0.1, 0.15) is 0 Å². The lowest BCUT2D eigenvalue weighted by atomic mass is 10.1. The summed E-state index contributed by atoms with van der Waals surface area (Å²) in [6.45, 7) is 7.95. The third-order valence-corrected chi connectivity index (χ3v) is 3.67. The fourth-order valence-electron chi connectivity index (χ4n) is 2.43. The first kappa shape index (κ1) is 17.5. The predicted molar refractivity (Wildman–Crippen MR) is 91.1 cm³/mol. The van der Waals surface area contributed by atoms with E-state index in [9.17, 15) is 4.79 Å².